The van der Waals surface area contributed by atoms with Crippen molar-refractivity contribution in [3.63, 3.8) is 0 Å². The van der Waals surface area contributed by atoms with Gasteiger partial charge in [0, 0.05) is 0 Å². The van der Waals surface area contributed by atoms with E-state index in [0.29, 0.717) is 11.5 Å². The molecule has 3 aromatic carbocycles. The molecule has 0 N–H and O–H groups in total. The minimum atomic E-state index is -4.01. The van der Waals surface area contributed by atoms with Gasteiger partial charge in [-0.1, -0.05) is 67.0 Å². The fourth-order valence-corrected chi connectivity index (χ4v) is 4.07. The fourth-order valence-electron chi connectivity index (χ4n) is 3.34. The van der Waals surface area contributed by atoms with Crippen molar-refractivity contribution in [1.29, 1.82) is 0 Å². The number of hydrogen-bond acceptors (Lipinski definition) is 5. The van der Waals surface area contributed by atoms with Crippen molar-refractivity contribution in [3.05, 3.63) is 71.8 Å². The molecule has 5 nitrogen and oxygen atoms in total. The van der Waals surface area contributed by atoms with Crippen LogP contribution in [-0.2, 0) is 14.4 Å². The van der Waals surface area contributed by atoms with Crippen LogP contribution in [0.1, 0.15) is 25.0 Å². The number of ether oxygens (including phenoxy) is 1. The molecule has 4 rings (SSSR count). The maximum Gasteiger partial charge on any atom is 0.358 e. The molecule has 0 saturated carbocycles. The summed E-state index contributed by atoms with van der Waals surface area (Å²) in [4.78, 5) is 0.0700. The maximum absolute atomic E-state index is 12.6. The Morgan fingerprint density at radius 3 is 2.43 bits per heavy atom. The van der Waals surface area contributed by atoms with Gasteiger partial charge in [0.15, 0.2) is 0 Å². The van der Waals surface area contributed by atoms with Gasteiger partial charge in [-0.05, 0) is 41.8 Å². The summed E-state index contributed by atoms with van der Waals surface area (Å²) < 4.78 is 36.3. The predicted molar refractivity (Wildman–Crippen MR) is 109 cm³/mol. The zero-order valence-electron chi connectivity index (χ0n) is 15.9. The number of hydrogen-bond donors (Lipinski definition) is 0. The van der Waals surface area contributed by atoms with Crippen LogP contribution in [0.15, 0.2) is 70.7 Å². The zero-order valence-corrected chi connectivity index (χ0v) is 16.7. The standard InChI is InChI=1S/C22H21NO4S/c1-14(2)22-21(23-27-28(24,25)17-11-8-15(3)9-12-17)20-18-7-5-4-6-16(18)10-13-19(20)26-22/h4-14,22H,1-3H3/b23-21-. The Morgan fingerprint density at radius 1 is 1.00 bits per heavy atom. The van der Waals surface area contributed by atoms with E-state index in [0.717, 1.165) is 21.9 Å². The highest BCUT2D eigenvalue weighted by molar-refractivity contribution is 7.86. The summed E-state index contributed by atoms with van der Waals surface area (Å²) in [6.45, 7) is 5.90. The third kappa shape index (κ3) is 3.24. The number of aryl methyl sites for hydroxylation is 1. The zero-order chi connectivity index (χ0) is 19.9. The molecule has 28 heavy (non-hydrogen) atoms. The van der Waals surface area contributed by atoms with Crippen molar-refractivity contribution < 1.29 is 17.4 Å². The van der Waals surface area contributed by atoms with Gasteiger partial charge in [-0.2, -0.15) is 8.42 Å². The molecule has 0 aliphatic carbocycles. The Bertz CT molecular complexity index is 1160. The van der Waals surface area contributed by atoms with Crippen molar-refractivity contribution in [2.45, 2.75) is 31.8 Å². The van der Waals surface area contributed by atoms with E-state index in [9.17, 15) is 8.42 Å². The van der Waals surface area contributed by atoms with Gasteiger partial charge in [0.2, 0.25) is 0 Å². The summed E-state index contributed by atoms with van der Waals surface area (Å²) in [6.07, 6.45) is -0.381. The summed E-state index contributed by atoms with van der Waals surface area (Å²) >= 11 is 0. The number of oxime groups is 1. The van der Waals surface area contributed by atoms with Crippen molar-refractivity contribution in [2.24, 2.45) is 11.1 Å². The molecule has 1 heterocycles. The number of nitrogens with zero attached hydrogens (tertiary/aromatic N) is 1. The van der Waals surface area contributed by atoms with Crippen molar-refractivity contribution in [1.82, 2.24) is 0 Å². The van der Waals surface area contributed by atoms with Gasteiger partial charge in [-0.3, -0.25) is 4.28 Å². The van der Waals surface area contributed by atoms with Crippen LogP contribution < -0.4 is 4.74 Å². The Balaban J connectivity index is 1.79. The molecule has 1 atom stereocenters. The third-order valence-electron chi connectivity index (χ3n) is 4.82. The van der Waals surface area contributed by atoms with E-state index in [-0.39, 0.29) is 16.9 Å². The highest BCUT2D eigenvalue weighted by Gasteiger charge is 2.35. The Labute approximate surface area is 164 Å². The first-order valence-electron chi connectivity index (χ1n) is 9.14. The molecule has 1 aliphatic rings. The van der Waals surface area contributed by atoms with Gasteiger partial charge in [0.25, 0.3) is 0 Å². The van der Waals surface area contributed by atoms with E-state index in [1.807, 2.05) is 57.2 Å². The van der Waals surface area contributed by atoms with Gasteiger partial charge in [-0.15, -0.1) is 0 Å². The molecule has 0 fully saturated rings. The van der Waals surface area contributed by atoms with E-state index < -0.39 is 10.1 Å². The Morgan fingerprint density at radius 2 is 1.71 bits per heavy atom. The van der Waals surface area contributed by atoms with Crippen LogP contribution in [0.3, 0.4) is 0 Å². The first-order valence-corrected chi connectivity index (χ1v) is 10.5. The molecule has 6 heteroatoms. The molecule has 0 amide bonds. The molecule has 1 aliphatic heterocycles. The minimum Gasteiger partial charge on any atom is -0.483 e. The third-order valence-corrected chi connectivity index (χ3v) is 5.94. The van der Waals surface area contributed by atoms with E-state index in [1.165, 1.54) is 12.1 Å². The second-order valence-electron chi connectivity index (χ2n) is 7.26. The average Bonchev–Trinajstić information content (AvgIpc) is 3.06. The molecule has 0 radical (unpaired) electrons. The lowest BCUT2D eigenvalue weighted by atomic mass is 9.95. The molecule has 1 unspecified atom stereocenters. The summed E-state index contributed by atoms with van der Waals surface area (Å²) in [6, 6.07) is 18.2. The van der Waals surface area contributed by atoms with Crippen LogP contribution in [0, 0.1) is 12.8 Å². The molecular weight excluding hydrogens is 374 g/mol. The first-order chi connectivity index (χ1) is 13.4. The SMILES string of the molecule is Cc1ccc(S(=O)(=O)O/N=C2/c3c(ccc4ccccc34)OC2C(C)C)cc1. The van der Waals surface area contributed by atoms with Crippen molar-refractivity contribution >= 4 is 26.6 Å². The first kappa shape index (κ1) is 18.5. The van der Waals surface area contributed by atoms with E-state index in [2.05, 4.69) is 5.16 Å². The summed E-state index contributed by atoms with van der Waals surface area (Å²) in [5.41, 5.74) is 2.25. The van der Waals surface area contributed by atoms with Gasteiger partial charge in [0.1, 0.15) is 22.5 Å². The lowest BCUT2D eigenvalue weighted by Crippen LogP contribution is -2.28. The fraction of sp³-hybridized carbons (Fsp3) is 0.227. The highest BCUT2D eigenvalue weighted by atomic mass is 32.2. The van der Waals surface area contributed by atoms with Gasteiger partial charge in [-0.25, -0.2) is 0 Å². The summed E-state index contributed by atoms with van der Waals surface area (Å²) in [5.74, 6) is 0.781. The lowest BCUT2D eigenvalue weighted by Gasteiger charge is -2.15. The number of fused-ring (bicyclic) bond motifs is 3. The molecule has 3 aromatic rings. The van der Waals surface area contributed by atoms with Crippen LogP contribution in [0.4, 0.5) is 0 Å². The van der Waals surface area contributed by atoms with E-state index in [4.69, 9.17) is 9.02 Å². The smallest absolute Gasteiger partial charge is 0.358 e. The van der Waals surface area contributed by atoms with Crippen LogP contribution in [-0.4, -0.2) is 20.2 Å². The van der Waals surface area contributed by atoms with Crippen LogP contribution in [0.5, 0.6) is 5.75 Å². The number of rotatable bonds is 4. The van der Waals surface area contributed by atoms with Gasteiger partial charge >= 0.3 is 10.1 Å². The normalized spacial score (nSPS) is 17.7. The van der Waals surface area contributed by atoms with Crippen LogP contribution >= 0.6 is 0 Å². The predicted octanol–water partition coefficient (Wildman–Crippen LogP) is 4.67. The van der Waals surface area contributed by atoms with E-state index >= 15 is 0 Å². The summed E-state index contributed by atoms with van der Waals surface area (Å²) in [7, 11) is -4.01. The van der Waals surface area contributed by atoms with Crippen LogP contribution in [0.25, 0.3) is 10.8 Å². The average molecular weight is 395 g/mol. The second kappa shape index (κ2) is 6.95. The molecule has 0 spiro atoms. The molecule has 0 saturated heterocycles. The van der Waals surface area contributed by atoms with Crippen LogP contribution in [0.2, 0.25) is 0 Å². The Hall–Kier alpha value is -2.86. The Kier molecular flexibility index (Phi) is 4.59. The monoisotopic (exact) mass is 395 g/mol. The quantitative estimate of drug-likeness (QED) is 0.602. The molecular formula is C22H21NO4S. The molecule has 0 aromatic heterocycles. The number of benzene rings is 3. The van der Waals surface area contributed by atoms with Gasteiger partial charge in [0.05, 0.1) is 5.56 Å². The summed E-state index contributed by atoms with van der Waals surface area (Å²) in [5, 5.41) is 6.08. The minimum absolute atomic E-state index is 0.0700. The van der Waals surface area contributed by atoms with E-state index in [1.54, 1.807) is 12.1 Å². The second-order valence-corrected chi connectivity index (χ2v) is 8.79. The largest absolute Gasteiger partial charge is 0.483 e. The highest BCUT2D eigenvalue weighted by Crippen LogP contribution is 2.37. The molecule has 144 valence electrons. The lowest BCUT2D eigenvalue weighted by molar-refractivity contribution is 0.224. The molecule has 0 bridgehead atoms. The van der Waals surface area contributed by atoms with Crippen molar-refractivity contribution in [2.75, 3.05) is 0 Å². The van der Waals surface area contributed by atoms with Gasteiger partial charge < -0.3 is 4.74 Å². The maximum atomic E-state index is 12.6. The topological polar surface area (TPSA) is 65.0 Å². The van der Waals surface area contributed by atoms with Crippen molar-refractivity contribution in [3.8, 4) is 5.75 Å².